The molecule has 0 bridgehead atoms. The highest BCUT2D eigenvalue weighted by atomic mass is 14.7. The van der Waals surface area contributed by atoms with E-state index in [0.717, 1.165) is 22.5 Å². The molecule has 0 atom stereocenters. The Bertz CT molecular complexity index is 2110. The third-order valence-electron chi connectivity index (χ3n) is 8.69. The van der Waals surface area contributed by atoms with Crippen LogP contribution >= 0.6 is 0 Å². The molecular formula is C39H28N2. The summed E-state index contributed by atoms with van der Waals surface area (Å²) in [5.74, 6) is 0. The first-order chi connectivity index (χ1) is 20.1. The third kappa shape index (κ3) is 3.64. The Kier molecular flexibility index (Phi) is 5.20. The van der Waals surface area contributed by atoms with E-state index in [1.54, 1.807) is 0 Å². The molecule has 0 aliphatic heterocycles. The van der Waals surface area contributed by atoms with Gasteiger partial charge in [-0.1, -0.05) is 117 Å². The molecule has 0 saturated carbocycles. The summed E-state index contributed by atoms with van der Waals surface area (Å²) in [6.07, 6.45) is 1.85. The summed E-state index contributed by atoms with van der Waals surface area (Å²) in [4.78, 5) is 9.88. The highest BCUT2D eigenvalue weighted by molar-refractivity contribution is 6.15. The van der Waals surface area contributed by atoms with E-state index < -0.39 is 0 Å². The van der Waals surface area contributed by atoms with E-state index >= 15 is 0 Å². The molecule has 194 valence electrons. The second kappa shape index (κ2) is 8.97. The van der Waals surface area contributed by atoms with Crippen LogP contribution in [0.3, 0.4) is 0 Å². The van der Waals surface area contributed by atoms with Crippen molar-refractivity contribution in [2.45, 2.75) is 19.3 Å². The van der Waals surface area contributed by atoms with Crippen molar-refractivity contribution >= 4 is 21.7 Å². The lowest BCUT2D eigenvalue weighted by atomic mass is 9.78. The van der Waals surface area contributed by atoms with E-state index in [9.17, 15) is 0 Å². The minimum atomic E-state index is -0.172. The van der Waals surface area contributed by atoms with Crippen molar-refractivity contribution < 1.29 is 0 Å². The average Bonchev–Trinajstić information content (AvgIpc) is 3.26. The minimum Gasteiger partial charge on any atom is -0.256 e. The molecule has 41 heavy (non-hydrogen) atoms. The number of benzene rings is 5. The van der Waals surface area contributed by atoms with Crippen LogP contribution in [0.4, 0.5) is 0 Å². The van der Waals surface area contributed by atoms with Crippen molar-refractivity contribution in [1.29, 1.82) is 0 Å². The van der Waals surface area contributed by atoms with Gasteiger partial charge in [-0.2, -0.15) is 0 Å². The van der Waals surface area contributed by atoms with E-state index in [2.05, 4.69) is 134 Å². The van der Waals surface area contributed by atoms with Gasteiger partial charge in [-0.15, -0.1) is 0 Å². The number of hydrogen-bond acceptors (Lipinski definition) is 2. The Morgan fingerprint density at radius 2 is 1.34 bits per heavy atom. The van der Waals surface area contributed by atoms with Gasteiger partial charge in [0, 0.05) is 28.1 Å². The number of fused-ring (bicyclic) bond motifs is 6. The molecule has 1 aliphatic rings. The predicted molar refractivity (Wildman–Crippen MR) is 171 cm³/mol. The Morgan fingerprint density at radius 3 is 2.20 bits per heavy atom. The minimum absolute atomic E-state index is 0.172. The second-order valence-corrected chi connectivity index (χ2v) is 11.4. The number of nitrogens with zero attached hydrogens (tertiary/aromatic N) is 2. The standard InChI is InChI=1S/C39H28N2/c1-39(2)32-15-6-5-14-31(32)38-37(39)35(36-30-13-4-3-10-26(30)21-22-34(36)41-38)27-19-17-25(18-20-27)28-11-9-12-29(24-28)33-16-7-8-23-40-33/h3-24H,1-2H3. The Morgan fingerprint density at radius 1 is 0.585 bits per heavy atom. The lowest BCUT2D eigenvalue weighted by molar-refractivity contribution is 0.662. The van der Waals surface area contributed by atoms with Crippen molar-refractivity contribution in [2.24, 2.45) is 0 Å². The van der Waals surface area contributed by atoms with E-state index in [0.29, 0.717) is 0 Å². The molecule has 1 aliphatic carbocycles. The lowest BCUT2D eigenvalue weighted by Gasteiger charge is -2.25. The summed E-state index contributed by atoms with van der Waals surface area (Å²) >= 11 is 0. The quantitative estimate of drug-likeness (QED) is 0.215. The molecule has 0 N–H and O–H groups in total. The van der Waals surface area contributed by atoms with Gasteiger partial charge >= 0.3 is 0 Å². The number of rotatable bonds is 3. The largest absolute Gasteiger partial charge is 0.256 e. The number of pyridine rings is 2. The molecular weight excluding hydrogens is 496 g/mol. The van der Waals surface area contributed by atoms with E-state index in [1.165, 1.54) is 55.1 Å². The van der Waals surface area contributed by atoms with Crippen LogP contribution in [0.15, 0.2) is 134 Å². The van der Waals surface area contributed by atoms with Gasteiger partial charge in [-0.3, -0.25) is 4.98 Å². The molecule has 2 aromatic heterocycles. The zero-order chi connectivity index (χ0) is 27.6. The van der Waals surface area contributed by atoms with Crippen molar-refractivity contribution in [3.05, 3.63) is 145 Å². The van der Waals surface area contributed by atoms with Crippen LogP contribution in [0.5, 0.6) is 0 Å². The zero-order valence-electron chi connectivity index (χ0n) is 23.1. The van der Waals surface area contributed by atoms with Gasteiger partial charge in [0.1, 0.15) is 0 Å². The van der Waals surface area contributed by atoms with Crippen LogP contribution in [0, 0.1) is 0 Å². The summed E-state index contributed by atoms with van der Waals surface area (Å²) in [7, 11) is 0. The second-order valence-electron chi connectivity index (χ2n) is 11.4. The highest BCUT2D eigenvalue weighted by Crippen LogP contribution is 2.53. The van der Waals surface area contributed by atoms with Crippen molar-refractivity contribution in [3.63, 3.8) is 0 Å². The van der Waals surface area contributed by atoms with Crippen LogP contribution in [-0.4, -0.2) is 9.97 Å². The van der Waals surface area contributed by atoms with E-state index in [1.807, 2.05) is 18.3 Å². The summed E-state index contributed by atoms with van der Waals surface area (Å²) < 4.78 is 0. The lowest BCUT2D eigenvalue weighted by Crippen LogP contribution is -2.16. The SMILES string of the molecule is CC1(C)c2ccccc2-c2nc3ccc4ccccc4c3c(-c3ccc(-c4cccc(-c5ccccn5)c4)cc3)c21. The van der Waals surface area contributed by atoms with Gasteiger partial charge in [0.2, 0.25) is 0 Å². The molecule has 2 heterocycles. The smallest absolute Gasteiger partial charge is 0.0759 e. The molecule has 7 aromatic rings. The molecule has 0 amide bonds. The Balaban J connectivity index is 1.36. The molecule has 5 aromatic carbocycles. The maximum absolute atomic E-state index is 5.33. The molecule has 0 radical (unpaired) electrons. The summed E-state index contributed by atoms with van der Waals surface area (Å²) in [6.45, 7) is 4.69. The van der Waals surface area contributed by atoms with Gasteiger partial charge < -0.3 is 0 Å². The molecule has 0 fully saturated rings. The Hall–Kier alpha value is -5.08. The molecule has 0 saturated heterocycles. The molecule has 2 nitrogen and oxygen atoms in total. The monoisotopic (exact) mass is 524 g/mol. The van der Waals surface area contributed by atoms with E-state index in [-0.39, 0.29) is 5.41 Å². The van der Waals surface area contributed by atoms with Gasteiger partial charge in [-0.25, -0.2) is 4.98 Å². The highest BCUT2D eigenvalue weighted by Gasteiger charge is 2.39. The van der Waals surface area contributed by atoms with Gasteiger partial charge in [-0.05, 0) is 68.4 Å². The van der Waals surface area contributed by atoms with Crippen molar-refractivity contribution in [3.8, 4) is 44.8 Å². The normalized spacial score (nSPS) is 13.3. The number of aromatic nitrogens is 2. The van der Waals surface area contributed by atoms with E-state index in [4.69, 9.17) is 4.98 Å². The van der Waals surface area contributed by atoms with Gasteiger partial charge in [0.15, 0.2) is 0 Å². The molecule has 8 rings (SSSR count). The van der Waals surface area contributed by atoms with Gasteiger partial charge in [0.25, 0.3) is 0 Å². The van der Waals surface area contributed by atoms with Crippen LogP contribution in [0.25, 0.3) is 66.4 Å². The van der Waals surface area contributed by atoms with Gasteiger partial charge in [0.05, 0.1) is 16.9 Å². The first-order valence-corrected chi connectivity index (χ1v) is 14.2. The topological polar surface area (TPSA) is 25.8 Å². The first kappa shape index (κ1) is 23.8. The summed E-state index contributed by atoms with van der Waals surface area (Å²) in [5, 5.41) is 3.71. The number of hydrogen-bond donors (Lipinski definition) is 0. The first-order valence-electron chi connectivity index (χ1n) is 14.2. The maximum atomic E-state index is 5.33. The molecule has 2 heteroatoms. The summed E-state index contributed by atoms with van der Waals surface area (Å²) in [5.41, 5.74) is 12.9. The summed E-state index contributed by atoms with van der Waals surface area (Å²) in [6, 6.07) is 45.6. The van der Waals surface area contributed by atoms with Crippen LogP contribution < -0.4 is 0 Å². The zero-order valence-corrected chi connectivity index (χ0v) is 23.1. The fourth-order valence-electron chi connectivity index (χ4n) is 6.72. The van der Waals surface area contributed by atoms with Crippen molar-refractivity contribution in [2.75, 3.05) is 0 Å². The maximum Gasteiger partial charge on any atom is 0.0759 e. The Labute approximate surface area is 240 Å². The van der Waals surface area contributed by atoms with Crippen LogP contribution in [0.1, 0.15) is 25.0 Å². The average molecular weight is 525 g/mol. The molecule has 0 unspecified atom stereocenters. The fraction of sp³-hybridized carbons (Fsp3) is 0.0769. The van der Waals surface area contributed by atoms with Crippen LogP contribution in [0.2, 0.25) is 0 Å². The van der Waals surface area contributed by atoms with Crippen LogP contribution in [-0.2, 0) is 5.41 Å². The van der Waals surface area contributed by atoms with Crippen molar-refractivity contribution in [1.82, 2.24) is 9.97 Å². The predicted octanol–water partition coefficient (Wildman–Crippen LogP) is 10.1. The molecule has 0 spiro atoms. The third-order valence-corrected chi connectivity index (χ3v) is 8.69. The fourth-order valence-corrected chi connectivity index (χ4v) is 6.72.